The van der Waals surface area contributed by atoms with E-state index in [1.165, 1.54) is 43.4 Å². The van der Waals surface area contributed by atoms with Crippen LogP contribution in [0.15, 0.2) is 6.20 Å². The first-order valence-electron chi connectivity index (χ1n) is 8.00. The smallest absolute Gasteiger partial charge is 0.0644 e. The number of piperidine rings is 1. The third-order valence-corrected chi connectivity index (χ3v) is 4.60. The maximum atomic E-state index is 9.09. The monoisotopic (exact) mass is 278 g/mol. The number of rotatable bonds is 5. The van der Waals surface area contributed by atoms with Crippen LogP contribution in [0.1, 0.15) is 49.4 Å². The van der Waals surface area contributed by atoms with E-state index < -0.39 is 0 Å². The molecule has 3 rings (SSSR count). The number of aliphatic hydroxyl groups is 1. The van der Waals surface area contributed by atoms with Crippen molar-refractivity contribution in [3.8, 4) is 0 Å². The third-order valence-electron chi connectivity index (χ3n) is 4.60. The van der Waals surface area contributed by atoms with Gasteiger partial charge in [0.15, 0.2) is 0 Å². The molecule has 2 heterocycles. The number of aliphatic hydroxyl groups excluding tert-OH is 1. The predicted octanol–water partition coefficient (Wildman–Crippen LogP) is 0.984. The van der Waals surface area contributed by atoms with E-state index in [0.717, 1.165) is 19.5 Å². The van der Waals surface area contributed by atoms with Crippen LogP contribution in [-0.4, -0.2) is 40.6 Å². The molecular formula is C15H26N4O. The SMILES string of the molecule is OCCn1ncc2c1CCCC2NCC1CCCCN1. The summed E-state index contributed by atoms with van der Waals surface area (Å²) in [5.41, 5.74) is 2.67. The molecule has 5 nitrogen and oxygen atoms in total. The zero-order valence-electron chi connectivity index (χ0n) is 12.1. The highest BCUT2D eigenvalue weighted by atomic mass is 16.3. The maximum absolute atomic E-state index is 9.09. The molecule has 112 valence electrons. The van der Waals surface area contributed by atoms with E-state index in [4.69, 9.17) is 5.11 Å². The minimum atomic E-state index is 0.165. The van der Waals surface area contributed by atoms with Crippen molar-refractivity contribution in [3.63, 3.8) is 0 Å². The molecule has 1 aromatic heterocycles. The molecule has 0 radical (unpaired) electrons. The molecule has 2 unspecified atom stereocenters. The van der Waals surface area contributed by atoms with Gasteiger partial charge in [-0.05, 0) is 38.6 Å². The fourth-order valence-electron chi connectivity index (χ4n) is 3.50. The Labute approximate surface area is 120 Å². The van der Waals surface area contributed by atoms with Crippen molar-refractivity contribution >= 4 is 0 Å². The fraction of sp³-hybridized carbons (Fsp3) is 0.800. The summed E-state index contributed by atoms with van der Waals surface area (Å²) < 4.78 is 1.97. The Morgan fingerprint density at radius 3 is 3.10 bits per heavy atom. The molecule has 2 aliphatic rings. The molecule has 20 heavy (non-hydrogen) atoms. The summed E-state index contributed by atoms with van der Waals surface area (Å²) in [7, 11) is 0. The van der Waals surface area contributed by atoms with Gasteiger partial charge in [-0.1, -0.05) is 6.42 Å². The van der Waals surface area contributed by atoms with Gasteiger partial charge in [0.2, 0.25) is 0 Å². The van der Waals surface area contributed by atoms with Crippen LogP contribution in [0.4, 0.5) is 0 Å². The molecule has 0 saturated carbocycles. The molecule has 1 aliphatic heterocycles. The molecule has 1 saturated heterocycles. The lowest BCUT2D eigenvalue weighted by Gasteiger charge is -2.29. The largest absolute Gasteiger partial charge is 0.394 e. The summed E-state index contributed by atoms with van der Waals surface area (Å²) in [6.45, 7) is 3.00. The molecule has 0 bridgehead atoms. The van der Waals surface area contributed by atoms with Gasteiger partial charge >= 0.3 is 0 Å². The lowest BCUT2D eigenvalue weighted by molar-refractivity contribution is 0.266. The van der Waals surface area contributed by atoms with Gasteiger partial charge < -0.3 is 15.7 Å². The highest BCUT2D eigenvalue weighted by Gasteiger charge is 2.24. The second kappa shape index (κ2) is 6.70. The van der Waals surface area contributed by atoms with Crippen LogP contribution in [0.3, 0.4) is 0 Å². The summed E-state index contributed by atoms with van der Waals surface area (Å²) in [6, 6.07) is 1.07. The second-order valence-corrected chi connectivity index (χ2v) is 5.99. The molecule has 1 aromatic rings. The summed E-state index contributed by atoms with van der Waals surface area (Å²) in [5.74, 6) is 0. The number of nitrogens with one attached hydrogen (secondary N) is 2. The van der Waals surface area contributed by atoms with Gasteiger partial charge in [0, 0.05) is 29.9 Å². The Bertz CT molecular complexity index is 426. The minimum absolute atomic E-state index is 0.165. The Kier molecular flexibility index (Phi) is 4.70. The van der Waals surface area contributed by atoms with E-state index in [9.17, 15) is 0 Å². The van der Waals surface area contributed by atoms with Gasteiger partial charge in [-0.3, -0.25) is 4.68 Å². The van der Waals surface area contributed by atoms with Gasteiger partial charge in [0.25, 0.3) is 0 Å². The van der Waals surface area contributed by atoms with Crippen LogP contribution in [0.25, 0.3) is 0 Å². The van der Waals surface area contributed by atoms with E-state index in [2.05, 4.69) is 15.7 Å². The quantitative estimate of drug-likeness (QED) is 0.751. The van der Waals surface area contributed by atoms with Crippen LogP contribution in [-0.2, 0) is 13.0 Å². The second-order valence-electron chi connectivity index (χ2n) is 5.99. The van der Waals surface area contributed by atoms with Crippen molar-refractivity contribution in [3.05, 3.63) is 17.5 Å². The molecule has 1 fully saturated rings. The number of fused-ring (bicyclic) bond motifs is 1. The van der Waals surface area contributed by atoms with Crippen LogP contribution in [0.2, 0.25) is 0 Å². The highest BCUT2D eigenvalue weighted by molar-refractivity contribution is 5.25. The normalized spacial score (nSPS) is 26.4. The van der Waals surface area contributed by atoms with Crippen molar-refractivity contribution in [1.29, 1.82) is 0 Å². The first-order chi connectivity index (χ1) is 9.88. The fourth-order valence-corrected chi connectivity index (χ4v) is 3.50. The van der Waals surface area contributed by atoms with E-state index in [-0.39, 0.29) is 6.61 Å². The summed E-state index contributed by atoms with van der Waals surface area (Å²) in [4.78, 5) is 0. The number of hydrogen-bond acceptors (Lipinski definition) is 4. The first-order valence-corrected chi connectivity index (χ1v) is 8.00. The van der Waals surface area contributed by atoms with Crippen molar-refractivity contribution < 1.29 is 5.11 Å². The van der Waals surface area contributed by atoms with Crippen molar-refractivity contribution in [2.75, 3.05) is 19.7 Å². The Morgan fingerprint density at radius 2 is 2.30 bits per heavy atom. The van der Waals surface area contributed by atoms with Crippen LogP contribution >= 0.6 is 0 Å². The summed E-state index contributed by atoms with van der Waals surface area (Å²) in [6.07, 6.45) is 9.45. The molecule has 0 spiro atoms. The average Bonchev–Trinajstić information content (AvgIpc) is 2.91. The number of aromatic nitrogens is 2. The lowest BCUT2D eigenvalue weighted by atomic mass is 9.92. The molecule has 3 N–H and O–H groups in total. The number of nitrogens with zero attached hydrogens (tertiary/aromatic N) is 2. The lowest BCUT2D eigenvalue weighted by Crippen LogP contribution is -2.43. The molecule has 2 atom stereocenters. The Hall–Kier alpha value is -0.910. The molecule has 0 aromatic carbocycles. The summed E-state index contributed by atoms with van der Waals surface area (Å²) >= 11 is 0. The summed E-state index contributed by atoms with van der Waals surface area (Å²) in [5, 5.41) is 20.8. The van der Waals surface area contributed by atoms with Gasteiger partial charge in [-0.15, -0.1) is 0 Å². The third kappa shape index (κ3) is 3.05. The van der Waals surface area contributed by atoms with Crippen LogP contribution < -0.4 is 10.6 Å². The van der Waals surface area contributed by atoms with E-state index in [0.29, 0.717) is 18.6 Å². The molecule has 1 aliphatic carbocycles. The Morgan fingerprint density at radius 1 is 1.35 bits per heavy atom. The van der Waals surface area contributed by atoms with Gasteiger partial charge in [0.1, 0.15) is 0 Å². The Balaban J connectivity index is 1.61. The minimum Gasteiger partial charge on any atom is -0.394 e. The standard InChI is InChI=1S/C15H26N4O/c20-9-8-19-15-6-3-5-14(13(15)11-18-19)17-10-12-4-1-2-7-16-12/h11-12,14,16-17,20H,1-10H2. The van der Waals surface area contributed by atoms with Crippen molar-refractivity contribution in [1.82, 2.24) is 20.4 Å². The molecule has 5 heteroatoms. The van der Waals surface area contributed by atoms with E-state index in [1.54, 1.807) is 0 Å². The van der Waals surface area contributed by atoms with E-state index >= 15 is 0 Å². The van der Waals surface area contributed by atoms with Gasteiger partial charge in [-0.2, -0.15) is 5.10 Å². The average molecular weight is 278 g/mol. The maximum Gasteiger partial charge on any atom is 0.0644 e. The van der Waals surface area contributed by atoms with Crippen LogP contribution in [0.5, 0.6) is 0 Å². The molecular weight excluding hydrogens is 252 g/mol. The topological polar surface area (TPSA) is 62.1 Å². The van der Waals surface area contributed by atoms with Crippen molar-refractivity contribution in [2.24, 2.45) is 0 Å². The highest BCUT2D eigenvalue weighted by Crippen LogP contribution is 2.29. The van der Waals surface area contributed by atoms with E-state index in [1.807, 2.05) is 10.9 Å². The number of hydrogen-bond donors (Lipinski definition) is 3. The van der Waals surface area contributed by atoms with Crippen molar-refractivity contribution in [2.45, 2.75) is 57.2 Å². The van der Waals surface area contributed by atoms with Gasteiger partial charge in [0.05, 0.1) is 19.3 Å². The molecule has 0 amide bonds. The van der Waals surface area contributed by atoms with Gasteiger partial charge in [-0.25, -0.2) is 0 Å². The predicted molar refractivity (Wildman–Crippen MR) is 78.6 cm³/mol. The zero-order chi connectivity index (χ0) is 13.8. The zero-order valence-corrected chi connectivity index (χ0v) is 12.1. The van der Waals surface area contributed by atoms with Crippen LogP contribution in [0, 0.1) is 0 Å². The first kappa shape index (κ1) is 14.0.